The van der Waals surface area contributed by atoms with Gasteiger partial charge in [0.05, 0.1) is 12.9 Å². The first-order valence-corrected chi connectivity index (χ1v) is 9.61. The summed E-state index contributed by atoms with van der Waals surface area (Å²) in [6, 6.07) is 8.75. The number of hydrogen-bond donors (Lipinski definition) is 2. The lowest BCUT2D eigenvalue weighted by Crippen LogP contribution is -2.32. The molecule has 0 aliphatic carbocycles. The molecule has 3 heterocycles. The van der Waals surface area contributed by atoms with Gasteiger partial charge in [-0.25, -0.2) is 15.0 Å². The summed E-state index contributed by atoms with van der Waals surface area (Å²) in [6.45, 7) is 5.74. The monoisotopic (exact) mass is 366 g/mol. The van der Waals surface area contributed by atoms with Gasteiger partial charge in [-0.3, -0.25) is 4.90 Å². The van der Waals surface area contributed by atoms with E-state index < -0.39 is 0 Å². The molecule has 2 N–H and O–H groups in total. The Kier molecular flexibility index (Phi) is 5.31. The molecule has 0 bridgehead atoms. The molecule has 1 aliphatic heterocycles. The van der Waals surface area contributed by atoms with Gasteiger partial charge in [0.2, 0.25) is 0 Å². The minimum atomic E-state index is 0.236. The zero-order chi connectivity index (χ0) is 18.6. The molecule has 0 amide bonds. The van der Waals surface area contributed by atoms with E-state index in [1.165, 1.54) is 11.1 Å². The second-order valence-electron chi connectivity index (χ2n) is 7.00. The van der Waals surface area contributed by atoms with Crippen molar-refractivity contribution in [3.63, 3.8) is 0 Å². The van der Waals surface area contributed by atoms with Crippen molar-refractivity contribution in [2.75, 3.05) is 18.5 Å². The number of likely N-dealkylation sites (tertiary alicyclic amines) is 1. The third kappa shape index (κ3) is 3.65. The second-order valence-corrected chi connectivity index (χ2v) is 7.00. The molecule has 7 heteroatoms. The zero-order valence-corrected chi connectivity index (χ0v) is 15.7. The molecule has 1 atom stereocenters. The molecular weight excluding hydrogens is 340 g/mol. The maximum absolute atomic E-state index is 9.58. The van der Waals surface area contributed by atoms with Gasteiger partial charge in [-0.1, -0.05) is 24.3 Å². The van der Waals surface area contributed by atoms with Crippen LogP contribution in [0.1, 0.15) is 30.9 Å². The number of rotatable bonds is 7. The number of aliphatic hydroxyl groups excluding tert-OH is 1. The number of aryl methyl sites for hydroxylation is 1. The van der Waals surface area contributed by atoms with E-state index in [0.717, 1.165) is 49.5 Å². The summed E-state index contributed by atoms with van der Waals surface area (Å²) in [7, 11) is 0. The SMILES string of the molecule is CCn1cnc2c(NCc3ccccc3CN3CCCC3CO)ncnc21. The van der Waals surface area contributed by atoms with Crippen LogP contribution in [-0.4, -0.2) is 48.7 Å². The lowest BCUT2D eigenvalue weighted by atomic mass is 10.1. The number of aromatic nitrogens is 4. The summed E-state index contributed by atoms with van der Waals surface area (Å²) < 4.78 is 2.01. The third-order valence-electron chi connectivity index (χ3n) is 5.39. The van der Waals surface area contributed by atoms with Crippen LogP contribution in [0.3, 0.4) is 0 Å². The van der Waals surface area contributed by atoms with E-state index in [2.05, 4.69) is 56.4 Å². The highest BCUT2D eigenvalue weighted by atomic mass is 16.3. The molecule has 1 aliphatic rings. The standard InChI is InChI=1S/C20H26N6O/c1-2-25-14-24-18-19(22-13-23-20(18)25)21-10-15-6-3-4-7-16(15)11-26-9-5-8-17(26)12-27/h3-4,6-7,13-14,17,27H,2,5,8-12H2,1H3,(H,21,22,23). The maximum atomic E-state index is 9.58. The molecule has 0 radical (unpaired) electrons. The van der Waals surface area contributed by atoms with Gasteiger partial charge in [0.25, 0.3) is 0 Å². The largest absolute Gasteiger partial charge is 0.395 e. The lowest BCUT2D eigenvalue weighted by Gasteiger charge is -2.24. The number of fused-ring (bicyclic) bond motifs is 1. The van der Waals surface area contributed by atoms with Crippen LogP contribution in [0.2, 0.25) is 0 Å². The Hall–Kier alpha value is -2.51. The summed E-state index contributed by atoms with van der Waals surface area (Å²) in [5, 5.41) is 13.0. The van der Waals surface area contributed by atoms with E-state index in [9.17, 15) is 5.11 Å². The lowest BCUT2D eigenvalue weighted by molar-refractivity contribution is 0.153. The average Bonchev–Trinajstić information content (AvgIpc) is 3.33. The van der Waals surface area contributed by atoms with Crippen LogP contribution in [0.4, 0.5) is 5.82 Å². The van der Waals surface area contributed by atoms with Gasteiger partial charge in [-0.15, -0.1) is 0 Å². The van der Waals surface area contributed by atoms with E-state index in [1.54, 1.807) is 12.7 Å². The maximum Gasteiger partial charge on any atom is 0.165 e. The van der Waals surface area contributed by atoms with Gasteiger partial charge >= 0.3 is 0 Å². The van der Waals surface area contributed by atoms with Crippen molar-refractivity contribution < 1.29 is 5.11 Å². The van der Waals surface area contributed by atoms with E-state index in [0.29, 0.717) is 6.54 Å². The Morgan fingerprint density at radius 1 is 1.19 bits per heavy atom. The van der Waals surface area contributed by atoms with E-state index >= 15 is 0 Å². The van der Waals surface area contributed by atoms with Crippen molar-refractivity contribution in [3.05, 3.63) is 48.0 Å². The summed E-state index contributed by atoms with van der Waals surface area (Å²) in [5.41, 5.74) is 4.18. The molecule has 4 rings (SSSR count). The molecule has 2 aromatic heterocycles. The summed E-state index contributed by atoms with van der Waals surface area (Å²) in [6.07, 6.45) is 5.63. The molecule has 1 aromatic carbocycles. The second kappa shape index (κ2) is 8.02. The number of nitrogens with one attached hydrogen (secondary N) is 1. The smallest absolute Gasteiger partial charge is 0.165 e. The van der Waals surface area contributed by atoms with Crippen LogP contribution >= 0.6 is 0 Å². The molecule has 27 heavy (non-hydrogen) atoms. The Balaban J connectivity index is 1.51. The number of benzene rings is 1. The van der Waals surface area contributed by atoms with Gasteiger partial charge in [-0.2, -0.15) is 0 Å². The molecule has 7 nitrogen and oxygen atoms in total. The topological polar surface area (TPSA) is 79.1 Å². The van der Waals surface area contributed by atoms with Crippen LogP contribution in [0.25, 0.3) is 11.2 Å². The molecule has 1 unspecified atom stereocenters. The molecule has 142 valence electrons. The molecule has 0 saturated carbocycles. The number of anilines is 1. The van der Waals surface area contributed by atoms with Crippen molar-refractivity contribution in [1.82, 2.24) is 24.4 Å². The van der Waals surface area contributed by atoms with Crippen LogP contribution < -0.4 is 5.32 Å². The highest BCUT2D eigenvalue weighted by molar-refractivity contribution is 5.82. The first-order chi connectivity index (χ1) is 13.3. The van der Waals surface area contributed by atoms with Crippen LogP contribution in [0, 0.1) is 0 Å². The van der Waals surface area contributed by atoms with Crippen molar-refractivity contribution in [2.24, 2.45) is 0 Å². The van der Waals surface area contributed by atoms with E-state index in [1.807, 2.05) is 4.57 Å². The normalized spacial score (nSPS) is 17.6. The number of hydrogen-bond acceptors (Lipinski definition) is 6. The summed E-state index contributed by atoms with van der Waals surface area (Å²) >= 11 is 0. The first kappa shape index (κ1) is 17.9. The van der Waals surface area contributed by atoms with Gasteiger partial charge in [0.15, 0.2) is 11.5 Å². The predicted octanol–water partition coefficient (Wildman–Crippen LogP) is 2.42. The fourth-order valence-corrected chi connectivity index (χ4v) is 3.83. The fraction of sp³-hybridized carbons (Fsp3) is 0.450. The predicted molar refractivity (Wildman–Crippen MR) is 105 cm³/mol. The van der Waals surface area contributed by atoms with Crippen LogP contribution in [0.5, 0.6) is 0 Å². The van der Waals surface area contributed by atoms with Crippen molar-refractivity contribution in [2.45, 2.75) is 45.4 Å². The van der Waals surface area contributed by atoms with Crippen LogP contribution in [0.15, 0.2) is 36.9 Å². The zero-order valence-electron chi connectivity index (χ0n) is 15.7. The molecular formula is C20H26N6O. The first-order valence-electron chi connectivity index (χ1n) is 9.61. The van der Waals surface area contributed by atoms with Crippen LogP contribution in [-0.2, 0) is 19.6 Å². The Morgan fingerprint density at radius 2 is 2.04 bits per heavy atom. The highest BCUT2D eigenvalue weighted by Gasteiger charge is 2.24. The Bertz CT molecular complexity index is 908. The highest BCUT2D eigenvalue weighted by Crippen LogP contribution is 2.23. The molecule has 3 aromatic rings. The van der Waals surface area contributed by atoms with Crippen molar-refractivity contribution in [1.29, 1.82) is 0 Å². The van der Waals surface area contributed by atoms with Gasteiger partial charge in [0.1, 0.15) is 11.8 Å². The Labute approximate surface area is 159 Å². The average molecular weight is 366 g/mol. The number of aliphatic hydroxyl groups is 1. The minimum absolute atomic E-state index is 0.236. The molecule has 1 saturated heterocycles. The van der Waals surface area contributed by atoms with Gasteiger partial charge < -0.3 is 15.0 Å². The van der Waals surface area contributed by atoms with Crippen molar-refractivity contribution >= 4 is 17.0 Å². The summed E-state index contributed by atoms with van der Waals surface area (Å²) in [4.78, 5) is 15.6. The quantitative estimate of drug-likeness (QED) is 0.669. The molecule has 0 spiro atoms. The van der Waals surface area contributed by atoms with Gasteiger partial charge in [0, 0.05) is 25.7 Å². The van der Waals surface area contributed by atoms with Crippen molar-refractivity contribution in [3.8, 4) is 0 Å². The Morgan fingerprint density at radius 3 is 2.85 bits per heavy atom. The fourth-order valence-electron chi connectivity index (χ4n) is 3.83. The van der Waals surface area contributed by atoms with E-state index in [4.69, 9.17) is 0 Å². The molecule has 1 fully saturated rings. The minimum Gasteiger partial charge on any atom is -0.395 e. The number of imidazole rings is 1. The third-order valence-corrected chi connectivity index (χ3v) is 5.39. The van der Waals surface area contributed by atoms with Gasteiger partial charge in [-0.05, 0) is 37.4 Å². The van der Waals surface area contributed by atoms with E-state index in [-0.39, 0.29) is 12.6 Å². The number of nitrogens with zero attached hydrogens (tertiary/aromatic N) is 5. The summed E-state index contributed by atoms with van der Waals surface area (Å²) in [5.74, 6) is 0.761.